The molecule has 2 aromatic rings. The van der Waals surface area contributed by atoms with Crippen LogP contribution in [-0.2, 0) is 9.53 Å². The van der Waals surface area contributed by atoms with Gasteiger partial charge in [0.2, 0.25) is 0 Å². The molecule has 0 saturated carbocycles. The number of aromatic nitrogens is 4. The molecule has 2 rings (SSSR count). The number of methoxy groups -OCH3 is 1. The SMILES string of the molecule is COC(=O)CCNC(=O)c1ccc(C)c(C)c1-n1cnnn1. The highest BCUT2D eigenvalue weighted by Gasteiger charge is 2.17. The number of carbonyl (C=O) groups excluding carboxylic acids is 2. The monoisotopic (exact) mass is 303 g/mol. The second-order valence-corrected chi connectivity index (χ2v) is 4.74. The first kappa shape index (κ1) is 15.6. The number of hydrogen-bond donors (Lipinski definition) is 1. The fourth-order valence-electron chi connectivity index (χ4n) is 2.02. The van der Waals surface area contributed by atoms with Crippen molar-refractivity contribution in [3.63, 3.8) is 0 Å². The van der Waals surface area contributed by atoms with Gasteiger partial charge in [0.05, 0.1) is 24.8 Å². The van der Waals surface area contributed by atoms with Crippen LogP contribution >= 0.6 is 0 Å². The zero-order chi connectivity index (χ0) is 16.1. The molecule has 116 valence electrons. The van der Waals surface area contributed by atoms with Gasteiger partial charge in [-0.25, -0.2) is 0 Å². The standard InChI is InChI=1S/C14H17N5O3/c1-9-4-5-11(14(21)15-7-6-12(20)22-3)13(10(9)2)19-8-16-17-18-19/h4-5,8H,6-7H2,1-3H3,(H,15,21). The van der Waals surface area contributed by atoms with Crippen LogP contribution < -0.4 is 5.32 Å². The van der Waals surface area contributed by atoms with Gasteiger partial charge in [0, 0.05) is 6.54 Å². The number of tetrazole rings is 1. The van der Waals surface area contributed by atoms with Crippen LogP contribution in [0.1, 0.15) is 27.9 Å². The van der Waals surface area contributed by atoms with Crippen molar-refractivity contribution in [1.82, 2.24) is 25.5 Å². The van der Waals surface area contributed by atoms with E-state index in [4.69, 9.17) is 0 Å². The first-order valence-electron chi connectivity index (χ1n) is 6.73. The topological polar surface area (TPSA) is 99.0 Å². The number of nitrogens with zero attached hydrogens (tertiary/aromatic N) is 4. The predicted molar refractivity (Wildman–Crippen MR) is 77.6 cm³/mol. The van der Waals surface area contributed by atoms with Crippen molar-refractivity contribution in [2.24, 2.45) is 0 Å². The Bertz CT molecular complexity index is 682. The van der Waals surface area contributed by atoms with Crippen LogP contribution in [0.15, 0.2) is 18.5 Å². The summed E-state index contributed by atoms with van der Waals surface area (Å²) in [5.74, 6) is -0.668. The second kappa shape index (κ2) is 6.79. The minimum atomic E-state index is -0.374. The molecular formula is C14H17N5O3. The zero-order valence-corrected chi connectivity index (χ0v) is 12.7. The zero-order valence-electron chi connectivity index (χ0n) is 12.7. The van der Waals surface area contributed by atoms with Crippen LogP contribution in [0.2, 0.25) is 0 Å². The van der Waals surface area contributed by atoms with E-state index in [1.807, 2.05) is 19.9 Å². The van der Waals surface area contributed by atoms with Crippen LogP contribution in [0.4, 0.5) is 0 Å². The molecule has 0 spiro atoms. The smallest absolute Gasteiger partial charge is 0.307 e. The summed E-state index contributed by atoms with van der Waals surface area (Å²) in [5.41, 5.74) is 3.00. The summed E-state index contributed by atoms with van der Waals surface area (Å²) in [6.07, 6.45) is 1.56. The maximum Gasteiger partial charge on any atom is 0.307 e. The van der Waals surface area contributed by atoms with Crippen molar-refractivity contribution < 1.29 is 14.3 Å². The van der Waals surface area contributed by atoms with Crippen molar-refractivity contribution in [3.8, 4) is 5.69 Å². The summed E-state index contributed by atoms with van der Waals surface area (Å²) < 4.78 is 5.99. The molecule has 0 radical (unpaired) electrons. The Labute approximate surface area is 127 Å². The van der Waals surface area contributed by atoms with Gasteiger partial charge in [0.1, 0.15) is 6.33 Å². The van der Waals surface area contributed by atoms with Gasteiger partial charge < -0.3 is 10.1 Å². The number of carbonyl (C=O) groups is 2. The van der Waals surface area contributed by atoms with Crippen molar-refractivity contribution in [1.29, 1.82) is 0 Å². The summed E-state index contributed by atoms with van der Waals surface area (Å²) >= 11 is 0. The largest absolute Gasteiger partial charge is 0.469 e. The third-order valence-corrected chi connectivity index (χ3v) is 3.37. The van der Waals surface area contributed by atoms with Gasteiger partial charge in [-0.15, -0.1) is 5.10 Å². The molecule has 0 aliphatic rings. The van der Waals surface area contributed by atoms with Gasteiger partial charge in [-0.3, -0.25) is 9.59 Å². The van der Waals surface area contributed by atoms with Gasteiger partial charge in [-0.05, 0) is 41.5 Å². The molecule has 1 amide bonds. The number of esters is 1. The maximum atomic E-state index is 12.3. The maximum absolute atomic E-state index is 12.3. The Morgan fingerprint density at radius 3 is 2.73 bits per heavy atom. The number of rotatable bonds is 5. The fraction of sp³-hybridized carbons (Fsp3) is 0.357. The summed E-state index contributed by atoms with van der Waals surface area (Å²) in [6.45, 7) is 4.05. The molecule has 8 heteroatoms. The van der Waals surface area contributed by atoms with E-state index >= 15 is 0 Å². The van der Waals surface area contributed by atoms with E-state index in [0.29, 0.717) is 11.3 Å². The molecule has 0 aliphatic heterocycles. The average molecular weight is 303 g/mol. The number of nitrogens with one attached hydrogen (secondary N) is 1. The third-order valence-electron chi connectivity index (χ3n) is 3.37. The first-order chi connectivity index (χ1) is 10.5. The van der Waals surface area contributed by atoms with Crippen molar-refractivity contribution in [2.45, 2.75) is 20.3 Å². The normalized spacial score (nSPS) is 10.3. The minimum Gasteiger partial charge on any atom is -0.469 e. The number of aryl methyl sites for hydroxylation is 1. The molecule has 1 aromatic heterocycles. The van der Waals surface area contributed by atoms with Crippen LogP contribution in [0, 0.1) is 13.8 Å². The Morgan fingerprint density at radius 1 is 1.32 bits per heavy atom. The molecule has 22 heavy (non-hydrogen) atoms. The quantitative estimate of drug-likeness (QED) is 0.811. The summed E-state index contributed by atoms with van der Waals surface area (Å²) in [7, 11) is 1.31. The Hall–Kier alpha value is -2.77. The summed E-state index contributed by atoms with van der Waals surface area (Å²) in [4.78, 5) is 23.4. The van der Waals surface area contributed by atoms with E-state index in [-0.39, 0.29) is 24.8 Å². The van der Waals surface area contributed by atoms with Gasteiger partial charge in [0.25, 0.3) is 5.91 Å². The number of benzene rings is 1. The van der Waals surface area contributed by atoms with Crippen LogP contribution in [0.5, 0.6) is 0 Å². The molecular weight excluding hydrogens is 286 g/mol. The molecule has 8 nitrogen and oxygen atoms in total. The third kappa shape index (κ3) is 3.27. The second-order valence-electron chi connectivity index (χ2n) is 4.74. The van der Waals surface area contributed by atoms with Crippen LogP contribution in [0.25, 0.3) is 5.69 Å². The van der Waals surface area contributed by atoms with Gasteiger partial charge >= 0.3 is 5.97 Å². The van der Waals surface area contributed by atoms with E-state index in [2.05, 4.69) is 25.6 Å². The molecule has 1 heterocycles. The van der Waals surface area contributed by atoms with Crippen molar-refractivity contribution in [3.05, 3.63) is 35.2 Å². The molecule has 0 fully saturated rings. The Balaban J connectivity index is 2.25. The molecule has 0 saturated heterocycles. The Morgan fingerprint density at radius 2 is 2.09 bits per heavy atom. The molecule has 0 atom stereocenters. The predicted octanol–water partition coefficient (Wildman–Crippen LogP) is 0.572. The lowest BCUT2D eigenvalue weighted by molar-refractivity contribution is -0.140. The fourth-order valence-corrected chi connectivity index (χ4v) is 2.02. The van der Waals surface area contributed by atoms with Crippen LogP contribution in [-0.4, -0.2) is 45.7 Å². The summed E-state index contributed by atoms with van der Waals surface area (Å²) in [5, 5.41) is 13.8. The Kier molecular flexibility index (Phi) is 4.82. The van der Waals surface area contributed by atoms with E-state index in [1.54, 1.807) is 6.07 Å². The van der Waals surface area contributed by atoms with E-state index < -0.39 is 0 Å². The molecule has 0 unspecified atom stereocenters. The van der Waals surface area contributed by atoms with Crippen LogP contribution in [0.3, 0.4) is 0 Å². The summed E-state index contributed by atoms with van der Waals surface area (Å²) in [6, 6.07) is 3.57. The molecule has 0 aliphatic carbocycles. The average Bonchev–Trinajstić information content (AvgIpc) is 3.03. The number of amides is 1. The highest BCUT2D eigenvalue weighted by atomic mass is 16.5. The van der Waals surface area contributed by atoms with E-state index in [0.717, 1.165) is 11.1 Å². The highest BCUT2D eigenvalue weighted by Crippen LogP contribution is 2.21. The molecule has 0 bridgehead atoms. The van der Waals surface area contributed by atoms with E-state index in [1.165, 1.54) is 18.1 Å². The van der Waals surface area contributed by atoms with Gasteiger partial charge in [-0.1, -0.05) is 6.07 Å². The lowest BCUT2D eigenvalue weighted by Gasteiger charge is -2.13. The lowest BCUT2D eigenvalue weighted by atomic mass is 10.0. The van der Waals surface area contributed by atoms with Gasteiger partial charge in [-0.2, -0.15) is 4.68 Å². The van der Waals surface area contributed by atoms with Gasteiger partial charge in [0.15, 0.2) is 0 Å². The highest BCUT2D eigenvalue weighted by molar-refractivity contribution is 5.98. The molecule has 1 N–H and O–H groups in total. The number of ether oxygens (including phenoxy) is 1. The van der Waals surface area contributed by atoms with E-state index in [9.17, 15) is 9.59 Å². The van der Waals surface area contributed by atoms with Crippen molar-refractivity contribution in [2.75, 3.05) is 13.7 Å². The first-order valence-corrected chi connectivity index (χ1v) is 6.73. The van der Waals surface area contributed by atoms with Crippen molar-refractivity contribution >= 4 is 11.9 Å². The molecule has 1 aromatic carbocycles. The lowest BCUT2D eigenvalue weighted by Crippen LogP contribution is -2.27. The number of hydrogen-bond acceptors (Lipinski definition) is 6. The minimum absolute atomic E-state index is 0.118.